The number of carbonyl (C=O) groups excluding carboxylic acids is 1. The number of fused-ring (bicyclic) bond motifs is 1. The summed E-state index contributed by atoms with van der Waals surface area (Å²) in [4.78, 5) is 13.9. The third kappa shape index (κ3) is 5.34. The number of carbonyl (C=O) groups is 1. The third-order valence-corrected chi connectivity index (χ3v) is 6.69. The molecular formula is C23H25FN4O2S2. The summed E-state index contributed by atoms with van der Waals surface area (Å²) in [5, 5.41) is 11.8. The van der Waals surface area contributed by atoms with Gasteiger partial charge in [0.05, 0.1) is 30.6 Å². The summed E-state index contributed by atoms with van der Waals surface area (Å²) in [6.07, 6.45) is 8.74. The lowest BCUT2D eigenvalue weighted by molar-refractivity contribution is 0.0527. The highest BCUT2D eigenvalue weighted by Gasteiger charge is 2.26. The Balaban J connectivity index is 1.45. The molecule has 0 saturated heterocycles. The minimum atomic E-state index is -0.302. The van der Waals surface area contributed by atoms with Crippen molar-refractivity contribution >= 4 is 45.3 Å². The maximum absolute atomic E-state index is 13.1. The number of hydrogen-bond donors (Lipinski definition) is 2. The second-order valence-electron chi connectivity index (χ2n) is 7.62. The summed E-state index contributed by atoms with van der Waals surface area (Å²) < 4.78 is 20.2. The fourth-order valence-corrected chi connectivity index (χ4v) is 5.37. The van der Waals surface area contributed by atoms with E-state index in [2.05, 4.69) is 15.7 Å². The Morgan fingerprint density at radius 2 is 2.00 bits per heavy atom. The Morgan fingerprint density at radius 3 is 2.78 bits per heavy atom. The molecule has 6 nitrogen and oxygen atoms in total. The molecule has 0 atom stereocenters. The molecule has 2 N–H and O–H groups in total. The average molecular weight is 473 g/mol. The summed E-state index contributed by atoms with van der Waals surface area (Å²) in [6, 6.07) is 6.32. The molecule has 0 amide bonds. The van der Waals surface area contributed by atoms with Gasteiger partial charge in [0.25, 0.3) is 0 Å². The summed E-state index contributed by atoms with van der Waals surface area (Å²) in [5.74, 6) is -0.564. The Labute approximate surface area is 195 Å². The number of nitrogens with zero attached hydrogens (tertiary/aromatic N) is 2. The highest BCUT2D eigenvalue weighted by Crippen LogP contribution is 2.38. The number of anilines is 2. The molecule has 32 heavy (non-hydrogen) atoms. The zero-order valence-corrected chi connectivity index (χ0v) is 19.5. The first-order chi connectivity index (χ1) is 15.5. The Bertz CT molecular complexity index is 1110. The molecule has 9 heteroatoms. The maximum atomic E-state index is 13.1. The van der Waals surface area contributed by atoms with Crippen molar-refractivity contribution in [3.05, 3.63) is 64.0 Å². The molecule has 0 unspecified atom stereocenters. The van der Waals surface area contributed by atoms with Crippen LogP contribution in [0.3, 0.4) is 0 Å². The van der Waals surface area contributed by atoms with Crippen LogP contribution in [0.2, 0.25) is 0 Å². The van der Waals surface area contributed by atoms with Crippen LogP contribution in [0, 0.1) is 5.82 Å². The number of benzene rings is 1. The van der Waals surface area contributed by atoms with Crippen molar-refractivity contribution in [1.29, 1.82) is 0 Å². The number of ether oxygens (including phenoxy) is 1. The van der Waals surface area contributed by atoms with Crippen molar-refractivity contribution < 1.29 is 13.9 Å². The van der Waals surface area contributed by atoms with E-state index in [4.69, 9.17) is 17.0 Å². The number of thiocarbonyl (C=S) groups is 1. The molecule has 0 fully saturated rings. The number of rotatable bonds is 6. The number of aromatic nitrogens is 2. The monoisotopic (exact) mass is 472 g/mol. The predicted molar refractivity (Wildman–Crippen MR) is 129 cm³/mol. The van der Waals surface area contributed by atoms with Crippen molar-refractivity contribution in [2.75, 3.05) is 17.2 Å². The van der Waals surface area contributed by atoms with Gasteiger partial charge in [-0.15, -0.1) is 11.3 Å². The zero-order chi connectivity index (χ0) is 22.5. The number of halogens is 1. The van der Waals surface area contributed by atoms with Gasteiger partial charge >= 0.3 is 5.97 Å². The van der Waals surface area contributed by atoms with E-state index in [1.807, 2.05) is 13.1 Å². The molecule has 0 radical (unpaired) electrons. The van der Waals surface area contributed by atoms with Gasteiger partial charge in [0, 0.05) is 11.1 Å². The summed E-state index contributed by atoms with van der Waals surface area (Å²) >= 11 is 7.09. The second kappa shape index (κ2) is 10.2. The molecule has 3 aromatic rings. The van der Waals surface area contributed by atoms with Gasteiger partial charge < -0.3 is 15.4 Å². The van der Waals surface area contributed by atoms with Gasteiger partial charge in [-0.1, -0.05) is 18.6 Å². The van der Waals surface area contributed by atoms with Crippen LogP contribution < -0.4 is 10.6 Å². The fraction of sp³-hybridized carbons (Fsp3) is 0.348. The lowest BCUT2D eigenvalue weighted by atomic mass is 10.1. The molecule has 0 aliphatic heterocycles. The lowest BCUT2D eigenvalue weighted by Gasteiger charge is -2.10. The molecule has 0 spiro atoms. The summed E-state index contributed by atoms with van der Waals surface area (Å²) in [6.45, 7) is 2.66. The van der Waals surface area contributed by atoms with Crippen LogP contribution in [0.1, 0.15) is 52.5 Å². The summed E-state index contributed by atoms with van der Waals surface area (Å²) in [7, 11) is 0. The minimum absolute atomic E-state index is 0.263. The molecular weight excluding hydrogens is 447 g/mol. The van der Waals surface area contributed by atoms with Gasteiger partial charge in [-0.2, -0.15) is 5.10 Å². The minimum Gasteiger partial charge on any atom is -0.462 e. The van der Waals surface area contributed by atoms with E-state index in [0.717, 1.165) is 47.5 Å². The van der Waals surface area contributed by atoms with E-state index < -0.39 is 0 Å². The number of aryl methyl sites for hydroxylation is 1. The Morgan fingerprint density at radius 1 is 1.22 bits per heavy atom. The van der Waals surface area contributed by atoms with Crippen molar-refractivity contribution in [3.8, 4) is 0 Å². The molecule has 2 aromatic heterocycles. The van der Waals surface area contributed by atoms with E-state index in [9.17, 15) is 9.18 Å². The van der Waals surface area contributed by atoms with Crippen molar-refractivity contribution in [1.82, 2.24) is 9.78 Å². The molecule has 2 heterocycles. The van der Waals surface area contributed by atoms with Crippen molar-refractivity contribution in [2.24, 2.45) is 0 Å². The van der Waals surface area contributed by atoms with Gasteiger partial charge in [0.2, 0.25) is 0 Å². The van der Waals surface area contributed by atoms with Gasteiger partial charge in [-0.05, 0) is 68.1 Å². The molecule has 0 bridgehead atoms. The van der Waals surface area contributed by atoms with E-state index in [-0.39, 0.29) is 11.8 Å². The van der Waals surface area contributed by atoms with E-state index in [1.165, 1.54) is 23.4 Å². The largest absolute Gasteiger partial charge is 0.462 e. The molecule has 168 valence electrons. The first kappa shape index (κ1) is 22.4. The second-order valence-corrected chi connectivity index (χ2v) is 9.13. The van der Waals surface area contributed by atoms with Crippen LogP contribution in [0.5, 0.6) is 0 Å². The van der Waals surface area contributed by atoms with Gasteiger partial charge in [-0.25, -0.2) is 9.18 Å². The number of thiophene rings is 1. The average Bonchev–Trinajstić information content (AvgIpc) is 3.26. The maximum Gasteiger partial charge on any atom is 0.341 e. The quantitative estimate of drug-likeness (QED) is 0.285. The molecule has 0 saturated carbocycles. The van der Waals surface area contributed by atoms with Crippen molar-refractivity contribution in [2.45, 2.75) is 45.6 Å². The zero-order valence-electron chi connectivity index (χ0n) is 17.8. The predicted octanol–water partition coefficient (Wildman–Crippen LogP) is 5.39. The number of hydrogen-bond acceptors (Lipinski definition) is 5. The van der Waals surface area contributed by atoms with E-state index >= 15 is 0 Å². The molecule has 1 aromatic carbocycles. The molecule has 4 rings (SSSR count). The van der Waals surface area contributed by atoms with E-state index in [0.29, 0.717) is 23.8 Å². The van der Waals surface area contributed by atoms with Gasteiger partial charge in [0.15, 0.2) is 5.11 Å². The molecule has 1 aliphatic carbocycles. The van der Waals surface area contributed by atoms with Crippen LogP contribution in [-0.4, -0.2) is 27.5 Å². The van der Waals surface area contributed by atoms with Crippen LogP contribution in [0.4, 0.5) is 15.1 Å². The normalized spacial score (nSPS) is 13.2. The Hall–Kier alpha value is -2.78. The molecule has 1 aliphatic rings. The SMILES string of the molecule is CCOC(=O)c1c(NC(=S)Nc2cnn(Cc3ccc(F)cc3)c2)sc2c1CCCCC2. The van der Waals surface area contributed by atoms with E-state index in [1.54, 1.807) is 34.3 Å². The number of nitrogens with one attached hydrogen (secondary N) is 2. The number of esters is 1. The Kier molecular flexibility index (Phi) is 7.16. The lowest BCUT2D eigenvalue weighted by Crippen LogP contribution is -2.20. The highest BCUT2D eigenvalue weighted by molar-refractivity contribution is 7.80. The smallest absolute Gasteiger partial charge is 0.341 e. The van der Waals surface area contributed by atoms with Gasteiger partial charge in [0.1, 0.15) is 10.8 Å². The van der Waals surface area contributed by atoms with Crippen molar-refractivity contribution in [3.63, 3.8) is 0 Å². The van der Waals surface area contributed by atoms with Crippen LogP contribution in [0.25, 0.3) is 0 Å². The standard InChI is InChI=1S/C23H25FN4O2S2/c1-2-30-22(29)20-18-6-4-3-5-7-19(18)32-21(20)27-23(31)26-17-12-25-28(14-17)13-15-8-10-16(24)11-9-15/h8-12,14H,2-7,13H2,1H3,(H2,26,27,31). The van der Waals surface area contributed by atoms with Gasteiger partial charge in [-0.3, -0.25) is 4.68 Å². The fourth-order valence-electron chi connectivity index (χ4n) is 3.81. The first-order valence-electron chi connectivity index (χ1n) is 10.7. The summed E-state index contributed by atoms with van der Waals surface area (Å²) in [5.41, 5.74) is 3.38. The third-order valence-electron chi connectivity index (χ3n) is 5.28. The van der Waals surface area contributed by atoms with Crippen LogP contribution in [0.15, 0.2) is 36.7 Å². The van der Waals surface area contributed by atoms with Crippen LogP contribution in [-0.2, 0) is 24.1 Å². The topological polar surface area (TPSA) is 68.2 Å². The van der Waals surface area contributed by atoms with Crippen LogP contribution >= 0.6 is 23.6 Å². The highest BCUT2D eigenvalue weighted by atomic mass is 32.1. The first-order valence-corrected chi connectivity index (χ1v) is 11.9.